The van der Waals surface area contributed by atoms with Crippen LogP contribution in [0.5, 0.6) is 6.01 Å². The van der Waals surface area contributed by atoms with Gasteiger partial charge in [-0.05, 0) is 11.4 Å². The molecule has 0 fully saturated rings. The van der Waals surface area contributed by atoms with Gasteiger partial charge < -0.3 is 10.1 Å². The van der Waals surface area contributed by atoms with Crippen molar-refractivity contribution in [3.05, 3.63) is 41.1 Å². The Balaban J connectivity index is 1.73. The van der Waals surface area contributed by atoms with Gasteiger partial charge in [0.05, 0.1) is 6.61 Å². The van der Waals surface area contributed by atoms with Crippen molar-refractivity contribution in [3.8, 4) is 12.0 Å². The van der Waals surface area contributed by atoms with Crippen LogP contribution in [0.25, 0.3) is 5.95 Å². The largest absolute Gasteiger partial charge is 0.463 e. The molecule has 0 bridgehead atoms. The molecule has 0 amide bonds. The van der Waals surface area contributed by atoms with Gasteiger partial charge in [0, 0.05) is 30.7 Å². The highest BCUT2D eigenvalue weighted by atomic mass is 32.1. The lowest BCUT2D eigenvalue weighted by Crippen LogP contribution is -2.10. The molecule has 7 nitrogen and oxygen atoms in total. The first-order chi connectivity index (χ1) is 10.3. The number of aromatic nitrogens is 5. The molecule has 8 heteroatoms. The Labute approximate surface area is 125 Å². The van der Waals surface area contributed by atoms with Gasteiger partial charge in [-0.15, -0.1) is 11.3 Å². The first-order valence-corrected chi connectivity index (χ1v) is 7.30. The number of rotatable bonds is 6. The highest BCUT2D eigenvalue weighted by Gasteiger charge is 2.08. The summed E-state index contributed by atoms with van der Waals surface area (Å²) in [5.74, 6) is 0.929. The summed E-state index contributed by atoms with van der Waals surface area (Å²) >= 11 is 1.71. The lowest BCUT2D eigenvalue weighted by atomic mass is 10.4. The van der Waals surface area contributed by atoms with E-state index in [0.717, 1.165) is 6.42 Å². The summed E-state index contributed by atoms with van der Waals surface area (Å²) in [7, 11) is 1.75. The van der Waals surface area contributed by atoms with Crippen molar-refractivity contribution in [2.75, 3.05) is 19.0 Å². The van der Waals surface area contributed by atoms with Crippen molar-refractivity contribution in [1.82, 2.24) is 24.5 Å². The highest BCUT2D eigenvalue weighted by molar-refractivity contribution is 7.09. The number of hydrogen-bond acceptors (Lipinski definition) is 7. The van der Waals surface area contributed by atoms with Crippen LogP contribution in [-0.2, 0) is 6.42 Å². The third-order valence-corrected chi connectivity index (χ3v) is 3.66. The van der Waals surface area contributed by atoms with E-state index in [4.69, 9.17) is 4.74 Å². The van der Waals surface area contributed by atoms with E-state index in [1.54, 1.807) is 41.7 Å². The third kappa shape index (κ3) is 3.34. The number of anilines is 1. The van der Waals surface area contributed by atoms with E-state index < -0.39 is 0 Å². The van der Waals surface area contributed by atoms with Crippen LogP contribution in [0.3, 0.4) is 0 Å². The summed E-state index contributed by atoms with van der Waals surface area (Å²) < 4.78 is 7.33. The first-order valence-electron chi connectivity index (χ1n) is 6.42. The maximum absolute atomic E-state index is 5.63. The van der Waals surface area contributed by atoms with E-state index in [-0.39, 0.29) is 0 Å². The second-order valence-corrected chi connectivity index (χ2v) is 5.17. The van der Waals surface area contributed by atoms with Crippen LogP contribution in [0.15, 0.2) is 36.2 Å². The SMILES string of the molecule is CNc1nc(OCCc2cccs2)nc(-n2ccnc2)n1. The Kier molecular flexibility index (Phi) is 4.06. The molecule has 3 heterocycles. The van der Waals surface area contributed by atoms with Crippen molar-refractivity contribution >= 4 is 17.3 Å². The molecule has 108 valence electrons. The molecule has 0 aliphatic heterocycles. The smallest absolute Gasteiger partial charge is 0.323 e. The van der Waals surface area contributed by atoms with Crippen molar-refractivity contribution in [2.45, 2.75) is 6.42 Å². The average molecular weight is 302 g/mol. The summed E-state index contributed by atoms with van der Waals surface area (Å²) in [4.78, 5) is 18.0. The van der Waals surface area contributed by atoms with Gasteiger partial charge >= 0.3 is 6.01 Å². The zero-order chi connectivity index (χ0) is 14.5. The van der Waals surface area contributed by atoms with E-state index in [1.165, 1.54) is 4.88 Å². The Morgan fingerprint density at radius 1 is 1.33 bits per heavy atom. The first kappa shape index (κ1) is 13.5. The molecule has 0 aromatic carbocycles. The summed E-state index contributed by atoms with van der Waals surface area (Å²) in [5, 5.41) is 4.95. The third-order valence-electron chi connectivity index (χ3n) is 2.72. The molecular formula is C13H14N6OS. The van der Waals surface area contributed by atoms with Gasteiger partial charge in [-0.2, -0.15) is 15.0 Å². The summed E-state index contributed by atoms with van der Waals surface area (Å²) in [5.41, 5.74) is 0. The van der Waals surface area contributed by atoms with Gasteiger partial charge in [-0.3, -0.25) is 4.57 Å². The molecule has 0 atom stereocenters. The van der Waals surface area contributed by atoms with E-state index in [0.29, 0.717) is 24.5 Å². The lowest BCUT2D eigenvalue weighted by molar-refractivity contribution is 0.296. The molecule has 0 spiro atoms. The highest BCUT2D eigenvalue weighted by Crippen LogP contribution is 2.12. The van der Waals surface area contributed by atoms with Gasteiger partial charge in [-0.25, -0.2) is 4.98 Å². The van der Waals surface area contributed by atoms with Crippen molar-refractivity contribution < 1.29 is 4.74 Å². The van der Waals surface area contributed by atoms with Gasteiger partial charge in [0.25, 0.3) is 0 Å². The predicted molar refractivity (Wildman–Crippen MR) is 80.0 cm³/mol. The number of imidazole rings is 1. The van der Waals surface area contributed by atoms with E-state index >= 15 is 0 Å². The number of hydrogen-bond donors (Lipinski definition) is 1. The van der Waals surface area contributed by atoms with E-state index in [2.05, 4.69) is 36.7 Å². The van der Waals surface area contributed by atoms with Gasteiger partial charge in [0.1, 0.15) is 6.33 Å². The molecule has 0 aliphatic carbocycles. The second kappa shape index (κ2) is 6.31. The summed E-state index contributed by atoms with van der Waals surface area (Å²) in [6.07, 6.45) is 5.90. The molecule has 21 heavy (non-hydrogen) atoms. The standard InChI is InChI=1S/C13H14N6OS/c1-14-11-16-12(19-6-5-15-9-19)18-13(17-11)20-7-4-10-3-2-8-21-10/h2-3,5-6,8-9H,4,7H2,1H3,(H,14,16,17,18). The number of nitrogens with zero attached hydrogens (tertiary/aromatic N) is 5. The van der Waals surface area contributed by atoms with Gasteiger partial charge in [0.2, 0.25) is 11.9 Å². The Bertz CT molecular complexity index is 683. The zero-order valence-electron chi connectivity index (χ0n) is 11.4. The molecular weight excluding hydrogens is 288 g/mol. The number of ether oxygens (including phenoxy) is 1. The van der Waals surface area contributed by atoms with Crippen LogP contribution >= 0.6 is 11.3 Å². The van der Waals surface area contributed by atoms with Crippen LogP contribution in [-0.4, -0.2) is 38.2 Å². The van der Waals surface area contributed by atoms with Crippen LogP contribution in [0.2, 0.25) is 0 Å². The topological polar surface area (TPSA) is 77.8 Å². The van der Waals surface area contributed by atoms with Crippen molar-refractivity contribution in [1.29, 1.82) is 0 Å². The van der Waals surface area contributed by atoms with Crippen molar-refractivity contribution in [2.24, 2.45) is 0 Å². The average Bonchev–Trinajstić information content (AvgIpc) is 3.20. The van der Waals surface area contributed by atoms with Crippen LogP contribution in [0, 0.1) is 0 Å². The van der Waals surface area contributed by atoms with E-state index in [9.17, 15) is 0 Å². The molecule has 3 aromatic heterocycles. The maximum atomic E-state index is 5.63. The Hall–Kier alpha value is -2.48. The zero-order valence-corrected chi connectivity index (χ0v) is 12.2. The minimum atomic E-state index is 0.301. The molecule has 1 N–H and O–H groups in total. The minimum absolute atomic E-state index is 0.301. The van der Waals surface area contributed by atoms with Crippen LogP contribution in [0.4, 0.5) is 5.95 Å². The minimum Gasteiger partial charge on any atom is -0.463 e. The van der Waals surface area contributed by atoms with Gasteiger partial charge in [-0.1, -0.05) is 6.07 Å². The molecule has 0 aliphatic rings. The van der Waals surface area contributed by atoms with Gasteiger partial charge in [0.15, 0.2) is 0 Å². The molecule has 0 saturated carbocycles. The maximum Gasteiger partial charge on any atom is 0.323 e. The summed E-state index contributed by atoms with van der Waals surface area (Å²) in [6.45, 7) is 0.525. The monoisotopic (exact) mass is 302 g/mol. The summed E-state index contributed by atoms with van der Waals surface area (Å²) in [6, 6.07) is 4.41. The molecule has 3 aromatic rings. The van der Waals surface area contributed by atoms with Crippen LogP contribution < -0.4 is 10.1 Å². The molecule has 3 rings (SSSR count). The fourth-order valence-electron chi connectivity index (χ4n) is 1.71. The predicted octanol–water partition coefficient (Wildman–Crippen LogP) is 1.78. The molecule has 0 saturated heterocycles. The quantitative estimate of drug-likeness (QED) is 0.748. The Morgan fingerprint density at radius 2 is 2.29 bits per heavy atom. The lowest BCUT2D eigenvalue weighted by Gasteiger charge is -2.07. The van der Waals surface area contributed by atoms with Crippen LogP contribution in [0.1, 0.15) is 4.88 Å². The molecule has 0 unspecified atom stereocenters. The number of thiophene rings is 1. The fourth-order valence-corrected chi connectivity index (χ4v) is 2.40. The molecule has 0 radical (unpaired) electrons. The fraction of sp³-hybridized carbons (Fsp3) is 0.231. The Morgan fingerprint density at radius 3 is 3.00 bits per heavy atom. The normalized spacial score (nSPS) is 10.5. The van der Waals surface area contributed by atoms with E-state index in [1.807, 2.05) is 6.07 Å². The van der Waals surface area contributed by atoms with Crippen molar-refractivity contribution in [3.63, 3.8) is 0 Å². The second-order valence-electron chi connectivity index (χ2n) is 4.14. The number of nitrogens with one attached hydrogen (secondary N) is 1.